The number of ether oxygens (including phenoxy) is 4. The molecule has 0 saturated heterocycles. The minimum absolute atomic E-state index is 0.0516. The molecule has 1 aromatic carbocycles. The molecule has 4 amide bonds. The van der Waals surface area contributed by atoms with Crippen molar-refractivity contribution in [2.24, 2.45) is 0 Å². The molecule has 2 N–H and O–H groups in total. The molecule has 0 aromatic heterocycles. The molecule has 1 aromatic rings. The average Bonchev–Trinajstić information content (AvgIpc) is 2.72. The Hall–Kier alpha value is -3.70. The molecule has 12 nitrogen and oxygen atoms in total. The fourth-order valence-corrected chi connectivity index (χ4v) is 3.12. The third-order valence-corrected chi connectivity index (χ3v) is 4.20. The number of hydrogen-bond donors (Lipinski definition) is 2. The van der Waals surface area contributed by atoms with Gasteiger partial charge in [0, 0.05) is 5.56 Å². The second kappa shape index (κ2) is 13.0. The summed E-state index contributed by atoms with van der Waals surface area (Å²) in [4.78, 5) is 49.6. The van der Waals surface area contributed by atoms with Crippen molar-refractivity contribution in [1.29, 1.82) is 0 Å². The van der Waals surface area contributed by atoms with Crippen LogP contribution in [0.3, 0.4) is 0 Å². The molecule has 12 heteroatoms. The molecule has 0 aliphatic carbocycles. The van der Waals surface area contributed by atoms with Gasteiger partial charge in [0.05, 0.1) is 37.8 Å². The number of aryl methyl sites for hydroxylation is 2. The predicted octanol–water partition coefficient (Wildman–Crippen LogP) is 3.86. The van der Waals surface area contributed by atoms with Gasteiger partial charge in [-0.15, -0.1) is 0 Å². The Labute approximate surface area is 193 Å². The highest BCUT2D eigenvalue weighted by Gasteiger charge is 2.30. The maximum atomic E-state index is 12.7. The van der Waals surface area contributed by atoms with Gasteiger partial charge in [-0.3, -0.25) is 0 Å². The van der Waals surface area contributed by atoms with Gasteiger partial charge in [-0.25, -0.2) is 30.0 Å². The molecule has 0 heterocycles. The fraction of sp³-hybridized carbons (Fsp3) is 0.524. The molecule has 0 unspecified atom stereocenters. The van der Waals surface area contributed by atoms with E-state index in [-0.39, 0.29) is 37.8 Å². The Morgan fingerprint density at radius 2 is 1.00 bits per heavy atom. The highest BCUT2D eigenvalue weighted by molar-refractivity contribution is 5.97. The zero-order valence-electron chi connectivity index (χ0n) is 20.1. The lowest BCUT2D eigenvalue weighted by Gasteiger charge is -2.30. The third kappa shape index (κ3) is 7.16. The van der Waals surface area contributed by atoms with E-state index in [9.17, 15) is 19.2 Å². The molecule has 0 bridgehead atoms. The van der Waals surface area contributed by atoms with Crippen LogP contribution in [0.2, 0.25) is 0 Å². The summed E-state index contributed by atoms with van der Waals surface area (Å²) < 4.78 is 20.0. The number of hydrogen-bond acceptors (Lipinski definition) is 8. The SMILES string of the molecule is CCOC(=O)NN(C(=O)OCC)c1c(C)cc(C)c(N(NC(=O)OCC)C(=O)OCC)c1C. The van der Waals surface area contributed by atoms with E-state index >= 15 is 0 Å². The molecular weight excluding hydrogens is 436 g/mol. The highest BCUT2D eigenvalue weighted by Crippen LogP contribution is 2.35. The Morgan fingerprint density at radius 3 is 1.30 bits per heavy atom. The predicted molar refractivity (Wildman–Crippen MR) is 120 cm³/mol. The van der Waals surface area contributed by atoms with Crippen molar-refractivity contribution in [2.45, 2.75) is 48.5 Å². The van der Waals surface area contributed by atoms with Crippen LogP contribution < -0.4 is 20.9 Å². The normalized spacial score (nSPS) is 10.0. The standard InChI is InChI=1S/C21H32N4O8/c1-8-30-18(26)22-24(20(28)32-10-3)16-13(5)12-14(6)17(15(16)7)25(21(29)33-11-4)23-19(27)31-9-2/h12H,8-11H2,1-7H3,(H,22,26)(H,23,27). The van der Waals surface area contributed by atoms with Crippen LogP contribution in [0.1, 0.15) is 44.4 Å². The van der Waals surface area contributed by atoms with Gasteiger partial charge in [-0.05, 0) is 59.6 Å². The number of hydrazine groups is 2. The molecule has 0 aliphatic heterocycles. The lowest BCUT2D eigenvalue weighted by Crippen LogP contribution is -2.49. The summed E-state index contributed by atoms with van der Waals surface area (Å²) in [5, 5.41) is 1.78. The zero-order chi connectivity index (χ0) is 25.1. The lowest BCUT2D eigenvalue weighted by atomic mass is 10.0. The smallest absolute Gasteiger partial charge is 0.433 e. The summed E-state index contributed by atoms with van der Waals surface area (Å²) in [6.45, 7) is 11.8. The van der Waals surface area contributed by atoms with Crippen LogP contribution in [0.4, 0.5) is 30.6 Å². The highest BCUT2D eigenvalue weighted by atomic mass is 16.6. The minimum atomic E-state index is -0.877. The van der Waals surface area contributed by atoms with Gasteiger partial charge in [-0.2, -0.15) is 10.0 Å². The van der Waals surface area contributed by atoms with Crippen LogP contribution in [0, 0.1) is 20.8 Å². The van der Waals surface area contributed by atoms with Crippen molar-refractivity contribution in [3.8, 4) is 0 Å². The molecule has 184 valence electrons. The third-order valence-electron chi connectivity index (χ3n) is 4.20. The molecule has 33 heavy (non-hydrogen) atoms. The number of anilines is 2. The molecule has 1 rings (SSSR count). The van der Waals surface area contributed by atoms with Crippen LogP contribution in [0.15, 0.2) is 6.07 Å². The Balaban J connectivity index is 3.67. The molecule has 0 aliphatic rings. The summed E-state index contributed by atoms with van der Waals surface area (Å²) in [5.41, 5.74) is 6.68. The van der Waals surface area contributed by atoms with Crippen LogP contribution in [-0.2, 0) is 18.9 Å². The maximum absolute atomic E-state index is 12.7. The number of benzene rings is 1. The first-order chi connectivity index (χ1) is 15.6. The monoisotopic (exact) mass is 468 g/mol. The zero-order valence-corrected chi connectivity index (χ0v) is 20.1. The van der Waals surface area contributed by atoms with Crippen molar-refractivity contribution in [2.75, 3.05) is 36.4 Å². The van der Waals surface area contributed by atoms with Crippen LogP contribution >= 0.6 is 0 Å². The van der Waals surface area contributed by atoms with Gasteiger partial charge in [0.2, 0.25) is 0 Å². The second-order valence-electron chi connectivity index (χ2n) is 6.57. The topological polar surface area (TPSA) is 136 Å². The van der Waals surface area contributed by atoms with E-state index in [1.165, 1.54) is 0 Å². The van der Waals surface area contributed by atoms with Gasteiger partial charge in [0.1, 0.15) is 0 Å². The molecule has 0 spiro atoms. The van der Waals surface area contributed by atoms with E-state index < -0.39 is 24.4 Å². The van der Waals surface area contributed by atoms with Gasteiger partial charge < -0.3 is 18.9 Å². The number of rotatable bonds is 6. The number of amides is 4. The molecular formula is C21H32N4O8. The maximum Gasteiger partial charge on any atom is 0.433 e. The summed E-state index contributed by atoms with van der Waals surface area (Å²) in [6, 6.07) is 1.68. The molecule has 0 radical (unpaired) electrons. The largest absolute Gasteiger partial charge is 0.449 e. The lowest BCUT2D eigenvalue weighted by molar-refractivity contribution is 0.138. The summed E-state index contributed by atoms with van der Waals surface area (Å²) in [7, 11) is 0. The van der Waals surface area contributed by atoms with Gasteiger partial charge >= 0.3 is 24.4 Å². The first-order valence-electron chi connectivity index (χ1n) is 10.5. The van der Waals surface area contributed by atoms with Gasteiger partial charge in [-0.1, -0.05) is 6.07 Å². The number of carbonyl (C=O) groups is 4. The van der Waals surface area contributed by atoms with E-state index in [1.54, 1.807) is 54.5 Å². The Kier molecular flexibility index (Phi) is 10.8. The van der Waals surface area contributed by atoms with Crippen molar-refractivity contribution >= 4 is 35.7 Å². The van der Waals surface area contributed by atoms with Crippen LogP contribution in [-0.4, -0.2) is 50.8 Å². The fourth-order valence-electron chi connectivity index (χ4n) is 3.12. The number of nitrogens with zero attached hydrogens (tertiary/aromatic N) is 2. The minimum Gasteiger partial charge on any atom is -0.449 e. The van der Waals surface area contributed by atoms with Crippen LogP contribution in [0.25, 0.3) is 0 Å². The number of carbonyl (C=O) groups excluding carboxylic acids is 4. The molecule has 0 fully saturated rings. The van der Waals surface area contributed by atoms with Crippen molar-refractivity contribution < 1.29 is 38.1 Å². The van der Waals surface area contributed by atoms with Crippen molar-refractivity contribution in [3.05, 3.63) is 22.8 Å². The van der Waals surface area contributed by atoms with Crippen molar-refractivity contribution in [3.63, 3.8) is 0 Å². The quantitative estimate of drug-likeness (QED) is 0.474. The van der Waals surface area contributed by atoms with E-state index in [0.29, 0.717) is 16.7 Å². The Morgan fingerprint density at radius 1 is 0.667 bits per heavy atom. The Bertz CT molecular complexity index is 808. The number of nitrogens with one attached hydrogen (secondary N) is 2. The summed E-state index contributed by atoms with van der Waals surface area (Å²) in [5.74, 6) is 0. The molecule has 0 atom stereocenters. The van der Waals surface area contributed by atoms with Crippen molar-refractivity contribution in [1.82, 2.24) is 10.9 Å². The first kappa shape index (κ1) is 27.3. The first-order valence-corrected chi connectivity index (χ1v) is 10.5. The summed E-state index contributed by atoms with van der Waals surface area (Å²) >= 11 is 0. The average molecular weight is 469 g/mol. The van der Waals surface area contributed by atoms with Gasteiger partial charge in [0.25, 0.3) is 0 Å². The summed E-state index contributed by atoms with van der Waals surface area (Å²) in [6.07, 6.45) is -3.49. The van der Waals surface area contributed by atoms with Crippen LogP contribution in [0.5, 0.6) is 0 Å². The van der Waals surface area contributed by atoms with E-state index in [4.69, 9.17) is 18.9 Å². The van der Waals surface area contributed by atoms with E-state index in [0.717, 1.165) is 10.0 Å². The van der Waals surface area contributed by atoms with E-state index in [1.807, 2.05) is 0 Å². The molecule has 0 saturated carbocycles. The van der Waals surface area contributed by atoms with E-state index in [2.05, 4.69) is 10.9 Å². The second-order valence-corrected chi connectivity index (χ2v) is 6.57. The van der Waals surface area contributed by atoms with Gasteiger partial charge in [0.15, 0.2) is 0 Å².